The van der Waals surface area contributed by atoms with Crippen molar-refractivity contribution in [3.8, 4) is 0 Å². The molecule has 2 aromatic heterocycles. The molecular weight excluding hydrogens is 292 g/mol. The Bertz CT molecular complexity index is 807. The molecule has 3 aromatic rings. The molecule has 7 heteroatoms. The standard InChI is InChI=1S/C16H18N6O/c17-11-1-3-12(4-2-11)21-15-14-9-20-22(16(14)19-10-18-15)13-5-7-23-8-6-13/h1-4,9-10,13H,5-8,17H2,(H,18,19,21). The summed E-state index contributed by atoms with van der Waals surface area (Å²) in [5, 5.41) is 8.75. The van der Waals surface area contributed by atoms with Crippen LogP contribution in [0.4, 0.5) is 17.2 Å². The molecule has 0 bridgehead atoms. The number of nitrogens with one attached hydrogen (secondary N) is 1. The molecule has 4 rings (SSSR count). The predicted molar refractivity (Wildman–Crippen MR) is 88.6 cm³/mol. The van der Waals surface area contributed by atoms with Gasteiger partial charge in [0.25, 0.3) is 0 Å². The summed E-state index contributed by atoms with van der Waals surface area (Å²) in [5.41, 5.74) is 8.23. The number of nitrogens with two attached hydrogens (primary N) is 1. The molecule has 0 radical (unpaired) electrons. The number of rotatable bonds is 3. The zero-order valence-electron chi connectivity index (χ0n) is 12.6. The van der Waals surface area contributed by atoms with Gasteiger partial charge in [0.2, 0.25) is 0 Å². The second-order valence-electron chi connectivity index (χ2n) is 5.64. The molecule has 23 heavy (non-hydrogen) atoms. The Morgan fingerprint density at radius 1 is 1.13 bits per heavy atom. The van der Waals surface area contributed by atoms with Crippen LogP contribution in [-0.2, 0) is 4.74 Å². The Balaban J connectivity index is 1.68. The van der Waals surface area contributed by atoms with Crippen molar-refractivity contribution in [3.63, 3.8) is 0 Å². The molecule has 0 spiro atoms. The monoisotopic (exact) mass is 310 g/mol. The van der Waals surface area contributed by atoms with Gasteiger partial charge in [0.15, 0.2) is 5.65 Å². The van der Waals surface area contributed by atoms with Gasteiger partial charge in [-0.05, 0) is 37.1 Å². The van der Waals surface area contributed by atoms with Crippen LogP contribution in [0, 0.1) is 0 Å². The number of fused-ring (bicyclic) bond motifs is 1. The van der Waals surface area contributed by atoms with Gasteiger partial charge in [0.05, 0.1) is 17.6 Å². The van der Waals surface area contributed by atoms with Gasteiger partial charge < -0.3 is 15.8 Å². The molecule has 1 aliphatic rings. The molecule has 3 N–H and O–H groups in total. The Labute approximate surface area is 133 Å². The predicted octanol–water partition coefficient (Wildman–Crippen LogP) is 2.50. The maximum atomic E-state index is 5.72. The number of aromatic nitrogens is 4. The number of nitrogen functional groups attached to an aromatic ring is 1. The topological polar surface area (TPSA) is 90.9 Å². The van der Waals surface area contributed by atoms with Crippen molar-refractivity contribution in [2.24, 2.45) is 0 Å². The molecule has 0 saturated carbocycles. The van der Waals surface area contributed by atoms with Crippen LogP contribution in [0.15, 0.2) is 36.8 Å². The number of hydrogen-bond acceptors (Lipinski definition) is 6. The first kappa shape index (κ1) is 14.0. The lowest BCUT2D eigenvalue weighted by atomic mass is 10.1. The van der Waals surface area contributed by atoms with Crippen molar-refractivity contribution in [2.75, 3.05) is 24.3 Å². The van der Waals surface area contributed by atoms with E-state index in [0.29, 0.717) is 6.04 Å². The molecule has 3 heterocycles. The summed E-state index contributed by atoms with van der Waals surface area (Å²) < 4.78 is 7.42. The third-order valence-corrected chi connectivity index (χ3v) is 4.10. The molecule has 1 fully saturated rings. The van der Waals surface area contributed by atoms with Crippen LogP contribution in [0.1, 0.15) is 18.9 Å². The van der Waals surface area contributed by atoms with E-state index in [0.717, 1.165) is 54.3 Å². The number of ether oxygens (including phenoxy) is 1. The van der Waals surface area contributed by atoms with E-state index in [1.807, 2.05) is 35.1 Å². The van der Waals surface area contributed by atoms with Gasteiger partial charge in [-0.1, -0.05) is 0 Å². The lowest BCUT2D eigenvalue weighted by Crippen LogP contribution is -2.20. The largest absolute Gasteiger partial charge is 0.399 e. The maximum absolute atomic E-state index is 5.72. The van der Waals surface area contributed by atoms with Crippen LogP contribution in [0.3, 0.4) is 0 Å². The first-order valence-corrected chi connectivity index (χ1v) is 7.70. The van der Waals surface area contributed by atoms with Gasteiger partial charge in [0.1, 0.15) is 12.1 Å². The summed E-state index contributed by atoms with van der Waals surface area (Å²) in [5.74, 6) is 0.748. The average molecular weight is 310 g/mol. The summed E-state index contributed by atoms with van der Waals surface area (Å²) in [7, 11) is 0. The van der Waals surface area contributed by atoms with E-state index < -0.39 is 0 Å². The number of nitrogens with zero attached hydrogens (tertiary/aromatic N) is 4. The quantitative estimate of drug-likeness (QED) is 0.722. The van der Waals surface area contributed by atoms with E-state index in [1.165, 1.54) is 0 Å². The lowest BCUT2D eigenvalue weighted by molar-refractivity contribution is 0.0673. The maximum Gasteiger partial charge on any atom is 0.163 e. The van der Waals surface area contributed by atoms with Crippen LogP contribution in [0.25, 0.3) is 11.0 Å². The van der Waals surface area contributed by atoms with Crippen molar-refractivity contribution in [1.29, 1.82) is 0 Å². The first-order chi connectivity index (χ1) is 11.3. The third kappa shape index (κ3) is 2.70. The Kier molecular flexibility index (Phi) is 3.55. The molecule has 1 saturated heterocycles. The molecule has 1 aromatic carbocycles. The fraction of sp³-hybridized carbons (Fsp3) is 0.312. The highest BCUT2D eigenvalue weighted by molar-refractivity contribution is 5.88. The number of hydrogen-bond donors (Lipinski definition) is 2. The zero-order chi connectivity index (χ0) is 15.6. The minimum Gasteiger partial charge on any atom is -0.399 e. The number of benzene rings is 1. The molecule has 0 unspecified atom stereocenters. The van der Waals surface area contributed by atoms with Crippen molar-refractivity contribution >= 4 is 28.2 Å². The summed E-state index contributed by atoms with van der Waals surface area (Å²) in [6.45, 7) is 1.54. The molecule has 0 aliphatic carbocycles. The summed E-state index contributed by atoms with van der Waals surface area (Å²) in [6, 6.07) is 7.89. The van der Waals surface area contributed by atoms with E-state index in [9.17, 15) is 0 Å². The van der Waals surface area contributed by atoms with E-state index in [-0.39, 0.29) is 0 Å². The third-order valence-electron chi connectivity index (χ3n) is 4.10. The van der Waals surface area contributed by atoms with Gasteiger partial charge in [-0.3, -0.25) is 0 Å². The van der Waals surface area contributed by atoms with Crippen molar-refractivity contribution in [2.45, 2.75) is 18.9 Å². The molecule has 0 atom stereocenters. The minimum absolute atomic E-state index is 0.334. The van der Waals surface area contributed by atoms with Gasteiger partial charge in [-0.15, -0.1) is 0 Å². The molecule has 7 nitrogen and oxygen atoms in total. The van der Waals surface area contributed by atoms with E-state index in [2.05, 4.69) is 20.4 Å². The first-order valence-electron chi connectivity index (χ1n) is 7.70. The van der Waals surface area contributed by atoms with Gasteiger partial charge in [-0.25, -0.2) is 14.6 Å². The summed E-state index contributed by atoms with van der Waals surface area (Å²) in [6.07, 6.45) is 5.31. The second kappa shape index (κ2) is 5.85. The van der Waals surface area contributed by atoms with Crippen LogP contribution in [0.2, 0.25) is 0 Å². The highest BCUT2D eigenvalue weighted by atomic mass is 16.5. The molecular formula is C16H18N6O. The Morgan fingerprint density at radius 3 is 2.70 bits per heavy atom. The highest BCUT2D eigenvalue weighted by Gasteiger charge is 2.20. The van der Waals surface area contributed by atoms with Gasteiger partial charge in [0, 0.05) is 24.6 Å². The zero-order valence-corrected chi connectivity index (χ0v) is 12.6. The lowest BCUT2D eigenvalue weighted by Gasteiger charge is -2.22. The SMILES string of the molecule is Nc1ccc(Nc2ncnc3c2cnn3C2CCOCC2)cc1. The minimum atomic E-state index is 0.334. The van der Waals surface area contributed by atoms with E-state index >= 15 is 0 Å². The molecule has 118 valence electrons. The Hall–Kier alpha value is -2.67. The van der Waals surface area contributed by atoms with E-state index in [4.69, 9.17) is 10.5 Å². The highest BCUT2D eigenvalue weighted by Crippen LogP contribution is 2.28. The normalized spacial score (nSPS) is 15.8. The van der Waals surface area contributed by atoms with Crippen molar-refractivity contribution in [1.82, 2.24) is 19.7 Å². The summed E-state index contributed by atoms with van der Waals surface area (Å²) >= 11 is 0. The Morgan fingerprint density at radius 2 is 1.91 bits per heavy atom. The second-order valence-corrected chi connectivity index (χ2v) is 5.64. The van der Waals surface area contributed by atoms with Crippen LogP contribution >= 0.6 is 0 Å². The molecule has 1 aliphatic heterocycles. The van der Waals surface area contributed by atoms with Crippen LogP contribution < -0.4 is 11.1 Å². The van der Waals surface area contributed by atoms with Crippen LogP contribution in [-0.4, -0.2) is 33.0 Å². The smallest absolute Gasteiger partial charge is 0.163 e. The van der Waals surface area contributed by atoms with Crippen molar-refractivity contribution < 1.29 is 4.74 Å². The van der Waals surface area contributed by atoms with Crippen molar-refractivity contribution in [3.05, 3.63) is 36.8 Å². The summed E-state index contributed by atoms with van der Waals surface area (Å²) in [4.78, 5) is 8.77. The molecule has 0 amide bonds. The van der Waals surface area contributed by atoms with E-state index in [1.54, 1.807) is 6.33 Å². The van der Waals surface area contributed by atoms with Crippen LogP contribution in [0.5, 0.6) is 0 Å². The average Bonchev–Trinajstić information content (AvgIpc) is 3.03. The fourth-order valence-electron chi connectivity index (χ4n) is 2.86. The van der Waals surface area contributed by atoms with Gasteiger partial charge >= 0.3 is 0 Å². The van der Waals surface area contributed by atoms with Gasteiger partial charge in [-0.2, -0.15) is 5.10 Å². The number of anilines is 3. The fourth-order valence-corrected chi connectivity index (χ4v) is 2.86.